The zero-order valence-electron chi connectivity index (χ0n) is 10.8. The quantitative estimate of drug-likeness (QED) is 0.781. The van der Waals surface area contributed by atoms with Gasteiger partial charge in [0.05, 0.1) is 23.4 Å². The molecule has 0 saturated heterocycles. The smallest absolute Gasteiger partial charge is 0.263 e. The van der Waals surface area contributed by atoms with E-state index in [4.69, 9.17) is 5.73 Å². The molecular weight excluding hydrogens is 290 g/mol. The van der Waals surface area contributed by atoms with Crippen LogP contribution in [0.1, 0.15) is 20.9 Å². The molecule has 0 spiro atoms. The number of hydrogen-bond donors (Lipinski definition) is 2. The van der Waals surface area contributed by atoms with Crippen LogP contribution in [0.15, 0.2) is 29.1 Å². The van der Waals surface area contributed by atoms with Crippen molar-refractivity contribution in [3.63, 3.8) is 0 Å². The average molecular weight is 303 g/mol. The van der Waals surface area contributed by atoms with Gasteiger partial charge >= 0.3 is 0 Å². The highest BCUT2D eigenvalue weighted by atomic mass is 32.1. The van der Waals surface area contributed by atoms with Gasteiger partial charge in [-0.15, -0.1) is 22.7 Å². The maximum atomic E-state index is 12.2. The Morgan fingerprint density at radius 3 is 3.00 bits per heavy atom. The molecule has 0 bridgehead atoms. The van der Waals surface area contributed by atoms with Crippen molar-refractivity contribution in [3.05, 3.63) is 45.2 Å². The Labute approximate surface area is 124 Å². The maximum absolute atomic E-state index is 12.2. The molecule has 0 atom stereocenters. The third-order valence-corrected chi connectivity index (χ3v) is 5.06. The van der Waals surface area contributed by atoms with E-state index >= 15 is 0 Å². The minimum absolute atomic E-state index is 0.142. The highest BCUT2D eigenvalue weighted by Crippen LogP contribution is 2.35. The van der Waals surface area contributed by atoms with Gasteiger partial charge in [0.1, 0.15) is 4.88 Å². The lowest BCUT2D eigenvalue weighted by atomic mass is 10.1. The molecule has 0 aliphatic rings. The van der Waals surface area contributed by atoms with Crippen molar-refractivity contribution < 1.29 is 4.79 Å². The Bertz CT molecular complexity index is 762. The second kappa shape index (κ2) is 5.22. The molecule has 1 aromatic carbocycles. The van der Waals surface area contributed by atoms with Crippen molar-refractivity contribution in [2.75, 3.05) is 5.73 Å². The largest absolute Gasteiger partial charge is 0.397 e. The van der Waals surface area contributed by atoms with E-state index in [1.165, 1.54) is 22.7 Å². The fourth-order valence-electron chi connectivity index (χ4n) is 2.02. The summed E-state index contributed by atoms with van der Waals surface area (Å²) < 4.78 is 1.07. The van der Waals surface area contributed by atoms with Gasteiger partial charge in [-0.2, -0.15) is 0 Å². The predicted octanol–water partition coefficient (Wildman–Crippen LogP) is 3.18. The van der Waals surface area contributed by atoms with Gasteiger partial charge in [-0.1, -0.05) is 18.2 Å². The van der Waals surface area contributed by atoms with Gasteiger partial charge in [-0.25, -0.2) is 4.98 Å². The number of nitrogen functional groups attached to an aromatic ring is 1. The minimum atomic E-state index is -0.142. The van der Waals surface area contributed by atoms with Gasteiger partial charge in [0.25, 0.3) is 5.91 Å². The first kappa shape index (κ1) is 13.1. The predicted molar refractivity (Wildman–Crippen MR) is 84.3 cm³/mol. The van der Waals surface area contributed by atoms with Gasteiger partial charge < -0.3 is 11.1 Å². The van der Waals surface area contributed by atoms with Crippen LogP contribution in [-0.4, -0.2) is 10.9 Å². The number of thiophene rings is 1. The number of hydrogen-bond acceptors (Lipinski definition) is 5. The Balaban J connectivity index is 1.88. The molecule has 3 rings (SSSR count). The monoisotopic (exact) mass is 303 g/mol. The molecule has 0 saturated carbocycles. The van der Waals surface area contributed by atoms with E-state index in [1.54, 1.807) is 5.51 Å². The van der Waals surface area contributed by atoms with Crippen LogP contribution in [0.3, 0.4) is 0 Å². The minimum Gasteiger partial charge on any atom is -0.397 e. The van der Waals surface area contributed by atoms with Gasteiger partial charge in [0.2, 0.25) is 0 Å². The van der Waals surface area contributed by atoms with Crippen molar-refractivity contribution in [2.24, 2.45) is 0 Å². The molecule has 0 aliphatic carbocycles. The molecule has 6 heteroatoms. The topological polar surface area (TPSA) is 68.0 Å². The van der Waals surface area contributed by atoms with Crippen LogP contribution in [0.4, 0.5) is 5.69 Å². The number of carbonyl (C=O) groups is 1. The molecule has 1 amide bonds. The van der Waals surface area contributed by atoms with Crippen LogP contribution in [0.25, 0.3) is 10.1 Å². The third-order valence-electron chi connectivity index (χ3n) is 3.07. The lowest BCUT2D eigenvalue weighted by Gasteiger charge is -2.01. The van der Waals surface area contributed by atoms with Gasteiger partial charge in [0.15, 0.2) is 0 Å². The maximum Gasteiger partial charge on any atom is 0.263 e. The fraction of sp³-hybridized carbons (Fsp3) is 0.143. The van der Waals surface area contributed by atoms with Crippen molar-refractivity contribution in [1.82, 2.24) is 10.3 Å². The first-order valence-corrected chi connectivity index (χ1v) is 7.85. The van der Waals surface area contributed by atoms with Crippen molar-refractivity contribution in [2.45, 2.75) is 13.5 Å². The number of rotatable bonds is 3. The second-order valence-corrected chi connectivity index (χ2v) is 6.20. The number of aromatic nitrogens is 1. The number of anilines is 1. The molecule has 0 radical (unpaired) electrons. The number of nitrogens with two attached hydrogens (primary N) is 1. The second-order valence-electron chi connectivity index (χ2n) is 4.46. The standard InChI is InChI=1S/C14H13N3OS2/c1-8-3-2-4-10-11(15)13(20-12(8)10)14(18)16-5-9-6-19-7-17-9/h2-4,6-7H,5,15H2,1H3,(H,16,18). The molecular formula is C14H13N3OS2. The highest BCUT2D eigenvalue weighted by molar-refractivity contribution is 7.21. The summed E-state index contributed by atoms with van der Waals surface area (Å²) in [5.41, 5.74) is 10.4. The first-order chi connectivity index (χ1) is 9.66. The first-order valence-electron chi connectivity index (χ1n) is 6.09. The Kier molecular flexibility index (Phi) is 3.42. The summed E-state index contributed by atoms with van der Waals surface area (Å²) in [5, 5.41) is 5.73. The molecule has 20 heavy (non-hydrogen) atoms. The number of benzene rings is 1. The van der Waals surface area contributed by atoms with E-state index < -0.39 is 0 Å². The summed E-state index contributed by atoms with van der Waals surface area (Å²) in [6.45, 7) is 2.45. The van der Waals surface area contributed by atoms with Crippen LogP contribution in [0.2, 0.25) is 0 Å². The van der Waals surface area contributed by atoms with Crippen molar-refractivity contribution >= 4 is 44.4 Å². The molecule has 0 unspecified atom stereocenters. The van der Waals surface area contributed by atoms with Crippen LogP contribution >= 0.6 is 22.7 Å². The number of aryl methyl sites for hydroxylation is 1. The summed E-state index contributed by atoms with van der Waals surface area (Å²) in [7, 11) is 0. The zero-order chi connectivity index (χ0) is 14.1. The van der Waals surface area contributed by atoms with E-state index in [1.807, 2.05) is 30.5 Å². The molecule has 102 valence electrons. The van der Waals surface area contributed by atoms with Crippen LogP contribution in [0.5, 0.6) is 0 Å². The van der Waals surface area contributed by atoms with Crippen molar-refractivity contribution in [1.29, 1.82) is 0 Å². The number of nitrogens with zero attached hydrogens (tertiary/aromatic N) is 1. The molecule has 3 aromatic rings. The van der Waals surface area contributed by atoms with E-state index in [0.29, 0.717) is 17.1 Å². The number of fused-ring (bicyclic) bond motifs is 1. The summed E-state index contributed by atoms with van der Waals surface area (Å²) in [4.78, 5) is 16.9. The molecule has 0 fully saturated rings. The van der Waals surface area contributed by atoms with Gasteiger partial charge in [-0.3, -0.25) is 4.79 Å². The van der Waals surface area contributed by atoms with E-state index in [-0.39, 0.29) is 5.91 Å². The Hall–Kier alpha value is -1.92. The fourth-order valence-corrected chi connectivity index (χ4v) is 3.69. The Morgan fingerprint density at radius 1 is 1.45 bits per heavy atom. The summed E-state index contributed by atoms with van der Waals surface area (Å²) in [6, 6.07) is 5.93. The third kappa shape index (κ3) is 2.28. The summed E-state index contributed by atoms with van der Waals surface area (Å²) in [5.74, 6) is -0.142. The molecule has 3 N–H and O–H groups in total. The molecule has 4 nitrogen and oxygen atoms in total. The lowest BCUT2D eigenvalue weighted by Crippen LogP contribution is -2.22. The zero-order valence-corrected chi connectivity index (χ0v) is 12.5. The van der Waals surface area contributed by atoms with E-state index in [9.17, 15) is 4.79 Å². The van der Waals surface area contributed by atoms with Gasteiger partial charge in [0, 0.05) is 15.5 Å². The summed E-state index contributed by atoms with van der Waals surface area (Å²) in [6.07, 6.45) is 0. The van der Waals surface area contributed by atoms with Crippen LogP contribution in [-0.2, 0) is 6.54 Å². The normalized spacial score (nSPS) is 10.8. The van der Waals surface area contributed by atoms with Crippen molar-refractivity contribution in [3.8, 4) is 0 Å². The number of thiazole rings is 1. The van der Waals surface area contributed by atoms with Gasteiger partial charge in [-0.05, 0) is 12.5 Å². The number of amides is 1. The van der Waals surface area contributed by atoms with E-state index in [2.05, 4.69) is 10.3 Å². The van der Waals surface area contributed by atoms with E-state index in [0.717, 1.165) is 21.3 Å². The SMILES string of the molecule is Cc1cccc2c(N)c(C(=O)NCc3cscn3)sc12. The lowest BCUT2D eigenvalue weighted by molar-refractivity contribution is 0.0955. The summed E-state index contributed by atoms with van der Waals surface area (Å²) >= 11 is 2.95. The molecule has 2 aromatic heterocycles. The van der Waals surface area contributed by atoms with Crippen LogP contribution in [0, 0.1) is 6.92 Å². The highest BCUT2D eigenvalue weighted by Gasteiger charge is 2.17. The average Bonchev–Trinajstić information content (AvgIpc) is 3.06. The number of nitrogens with one attached hydrogen (secondary N) is 1. The molecule has 2 heterocycles. The Morgan fingerprint density at radius 2 is 2.30 bits per heavy atom. The number of carbonyl (C=O) groups excluding carboxylic acids is 1. The molecule has 0 aliphatic heterocycles. The van der Waals surface area contributed by atoms with Crippen LogP contribution < -0.4 is 11.1 Å².